The molecule has 0 aliphatic rings. The van der Waals surface area contributed by atoms with Crippen molar-refractivity contribution in [3.8, 4) is 0 Å². The van der Waals surface area contributed by atoms with E-state index in [1.54, 1.807) is 0 Å². The molecule has 0 heterocycles. The van der Waals surface area contributed by atoms with Gasteiger partial charge in [0.1, 0.15) is 0 Å². The molecule has 20 heavy (non-hydrogen) atoms. The van der Waals surface area contributed by atoms with Crippen molar-refractivity contribution in [3.63, 3.8) is 0 Å². The lowest BCUT2D eigenvalue weighted by molar-refractivity contribution is 0.558. The van der Waals surface area contributed by atoms with Crippen LogP contribution in [0, 0.1) is 32.6 Å². The van der Waals surface area contributed by atoms with Crippen molar-refractivity contribution >= 4 is 6.08 Å². The zero-order valence-electron chi connectivity index (χ0n) is 14.3. The highest BCUT2D eigenvalue weighted by Crippen LogP contribution is 2.20. The highest BCUT2D eigenvalue weighted by Gasteiger charge is 2.06. The van der Waals surface area contributed by atoms with Crippen LogP contribution in [0.15, 0.2) is 17.7 Å². The van der Waals surface area contributed by atoms with Crippen molar-refractivity contribution in [2.45, 2.75) is 48.5 Å². The van der Waals surface area contributed by atoms with Crippen LogP contribution in [0.2, 0.25) is 0 Å². The van der Waals surface area contributed by atoms with E-state index in [-0.39, 0.29) is 0 Å². The smallest absolute Gasteiger partial charge is 0.0170 e. The van der Waals surface area contributed by atoms with Crippen molar-refractivity contribution in [1.29, 1.82) is 0 Å². The molecule has 0 saturated carbocycles. The molecule has 0 fully saturated rings. The minimum atomic E-state index is 0.579. The van der Waals surface area contributed by atoms with Crippen LogP contribution in [0.3, 0.4) is 0 Å². The minimum Gasteiger partial charge on any atom is -0.313 e. The van der Waals surface area contributed by atoms with E-state index >= 15 is 0 Å². The van der Waals surface area contributed by atoms with Crippen LogP contribution in [0.1, 0.15) is 49.9 Å². The quantitative estimate of drug-likeness (QED) is 0.777. The van der Waals surface area contributed by atoms with Gasteiger partial charge in [-0.15, -0.1) is 0 Å². The first-order valence-corrected chi connectivity index (χ1v) is 7.80. The second-order valence-electron chi connectivity index (χ2n) is 6.69. The van der Waals surface area contributed by atoms with Crippen molar-refractivity contribution in [2.75, 3.05) is 13.1 Å². The summed E-state index contributed by atoms with van der Waals surface area (Å²) in [5.41, 5.74) is 6.97. The van der Waals surface area contributed by atoms with E-state index in [0.29, 0.717) is 11.8 Å². The molecule has 0 amide bonds. The highest BCUT2D eigenvalue weighted by atomic mass is 14.9. The van der Waals surface area contributed by atoms with Gasteiger partial charge in [-0.3, -0.25) is 0 Å². The molecular formula is C19H31N. The van der Waals surface area contributed by atoms with Crippen LogP contribution >= 0.6 is 0 Å². The van der Waals surface area contributed by atoms with Gasteiger partial charge in [0.05, 0.1) is 0 Å². The summed E-state index contributed by atoms with van der Waals surface area (Å²) in [6, 6.07) is 4.61. The molecule has 1 nitrogen and oxygen atoms in total. The molecule has 0 unspecified atom stereocenters. The van der Waals surface area contributed by atoms with Crippen molar-refractivity contribution < 1.29 is 0 Å². The Labute approximate surface area is 125 Å². The maximum Gasteiger partial charge on any atom is 0.0170 e. The summed E-state index contributed by atoms with van der Waals surface area (Å²) in [4.78, 5) is 0. The van der Waals surface area contributed by atoms with E-state index in [1.165, 1.54) is 27.8 Å². The van der Waals surface area contributed by atoms with Gasteiger partial charge in [0.25, 0.3) is 0 Å². The number of nitrogens with one attached hydrogen (secondary N) is 1. The molecule has 0 saturated heterocycles. The number of hydrogen-bond donors (Lipinski definition) is 1. The van der Waals surface area contributed by atoms with Crippen LogP contribution in [-0.4, -0.2) is 13.1 Å². The Bertz CT molecular complexity index is 467. The topological polar surface area (TPSA) is 12.0 Å². The summed E-state index contributed by atoms with van der Waals surface area (Å²) in [5.74, 6) is 1.28. The van der Waals surface area contributed by atoms with E-state index in [0.717, 1.165) is 13.1 Å². The molecule has 1 heteroatoms. The normalized spacial score (nSPS) is 12.6. The molecule has 1 aromatic rings. The predicted molar refractivity (Wildman–Crippen MR) is 91.2 cm³/mol. The molecule has 112 valence electrons. The predicted octanol–water partition coefficient (Wildman–Crippen LogP) is 4.90. The van der Waals surface area contributed by atoms with Crippen molar-refractivity contribution in [3.05, 3.63) is 40.0 Å². The summed E-state index contributed by atoms with van der Waals surface area (Å²) >= 11 is 0. The van der Waals surface area contributed by atoms with Crippen LogP contribution in [0.25, 0.3) is 6.08 Å². The highest BCUT2D eigenvalue weighted by molar-refractivity contribution is 5.59. The van der Waals surface area contributed by atoms with Gasteiger partial charge >= 0.3 is 0 Å². The molecule has 0 bridgehead atoms. The third kappa shape index (κ3) is 5.13. The Balaban J connectivity index is 2.93. The van der Waals surface area contributed by atoms with Gasteiger partial charge in [0, 0.05) is 6.54 Å². The monoisotopic (exact) mass is 273 g/mol. The molecule has 0 aliphatic carbocycles. The number of rotatable bonds is 6. The Morgan fingerprint density at radius 1 is 1.00 bits per heavy atom. The summed E-state index contributed by atoms with van der Waals surface area (Å²) < 4.78 is 0. The largest absolute Gasteiger partial charge is 0.313 e. The Kier molecular flexibility index (Phi) is 6.48. The maximum absolute atomic E-state index is 3.56. The fourth-order valence-electron chi connectivity index (χ4n) is 2.27. The molecule has 0 spiro atoms. The lowest BCUT2D eigenvalue weighted by Gasteiger charge is -2.15. The number of aryl methyl sites for hydroxylation is 3. The van der Waals surface area contributed by atoms with Crippen LogP contribution in [0.5, 0.6) is 0 Å². The average Bonchev–Trinajstić information content (AvgIpc) is 2.33. The number of hydrogen-bond acceptors (Lipinski definition) is 1. The molecular weight excluding hydrogens is 242 g/mol. The van der Waals surface area contributed by atoms with Crippen LogP contribution < -0.4 is 5.32 Å². The number of benzene rings is 1. The van der Waals surface area contributed by atoms with Gasteiger partial charge in [0.15, 0.2) is 0 Å². The summed E-state index contributed by atoms with van der Waals surface area (Å²) in [6.07, 6.45) is 2.37. The molecule has 1 rings (SSSR count). The lowest BCUT2D eigenvalue weighted by atomic mass is 9.95. The van der Waals surface area contributed by atoms with E-state index in [2.05, 4.69) is 72.0 Å². The molecule has 0 aliphatic heterocycles. The minimum absolute atomic E-state index is 0.579. The van der Waals surface area contributed by atoms with E-state index in [4.69, 9.17) is 0 Å². The molecule has 0 aromatic heterocycles. The second kappa shape index (κ2) is 7.64. The maximum atomic E-state index is 3.56. The zero-order valence-corrected chi connectivity index (χ0v) is 14.3. The summed E-state index contributed by atoms with van der Waals surface area (Å²) in [6.45, 7) is 17.7. The van der Waals surface area contributed by atoms with Crippen LogP contribution in [0.4, 0.5) is 0 Å². The standard InChI is InChI=1S/C19H31N/c1-13(2)11-20-12-19(14(3)4)10-18-9-16(6)15(5)8-17(18)7/h8-10,13-14,20H,11-12H2,1-7H3. The SMILES string of the molecule is Cc1cc(C)c(C=C(CNCC(C)C)C(C)C)cc1C. The lowest BCUT2D eigenvalue weighted by Crippen LogP contribution is -2.23. The Morgan fingerprint density at radius 2 is 1.60 bits per heavy atom. The molecule has 1 aromatic carbocycles. The first-order valence-electron chi connectivity index (χ1n) is 7.80. The first kappa shape index (κ1) is 17.0. The van der Waals surface area contributed by atoms with Crippen molar-refractivity contribution in [2.24, 2.45) is 11.8 Å². The third-order valence-corrected chi connectivity index (χ3v) is 3.85. The van der Waals surface area contributed by atoms with Gasteiger partial charge in [-0.05, 0) is 61.4 Å². The van der Waals surface area contributed by atoms with E-state index in [9.17, 15) is 0 Å². The Morgan fingerprint density at radius 3 is 2.15 bits per heavy atom. The second-order valence-corrected chi connectivity index (χ2v) is 6.69. The van der Waals surface area contributed by atoms with Gasteiger partial charge in [-0.1, -0.05) is 51.5 Å². The van der Waals surface area contributed by atoms with Gasteiger partial charge in [-0.2, -0.15) is 0 Å². The fraction of sp³-hybridized carbons (Fsp3) is 0.579. The zero-order chi connectivity index (χ0) is 15.3. The van der Waals surface area contributed by atoms with Gasteiger partial charge in [0.2, 0.25) is 0 Å². The van der Waals surface area contributed by atoms with Gasteiger partial charge in [-0.25, -0.2) is 0 Å². The summed E-state index contributed by atoms with van der Waals surface area (Å²) in [7, 11) is 0. The van der Waals surface area contributed by atoms with E-state index < -0.39 is 0 Å². The average molecular weight is 273 g/mol. The van der Waals surface area contributed by atoms with E-state index in [1.807, 2.05) is 0 Å². The van der Waals surface area contributed by atoms with Gasteiger partial charge < -0.3 is 5.32 Å². The summed E-state index contributed by atoms with van der Waals surface area (Å²) in [5, 5.41) is 3.56. The first-order chi connectivity index (χ1) is 9.31. The fourth-order valence-corrected chi connectivity index (χ4v) is 2.27. The molecule has 0 atom stereocenters. The van der Waals surface area contributed by atoms with Crippen LogP contribution in [-0.2, 0) is 0 Å². The Hall–Kier alpha value is -1.08. The van der Waals surface area contributed by atoms with Crippen molar-refractivity contribution in [1.82, 2.24) is 5.32 Å². The third-order valence-electron chi connectivity index (χ3n) is 3.85. The molecule has 1 N–H and O–H groups in total. The molecule has 0 radical (unpaired) electrons.